The van der Waals surface area contributed by atoms with Gasteiger partial charge in [0.2, 0.25) is 0 Å². The van der Waals surface area contributed by atoms with E-state index < -0.39 is 6.10 Å². The first kappa shape index (κ1) is 14.1. The highest BCUT2D eigenvalue weighted by Crippen LogP contribution is 2.36. The molecule has 0 spiro atoms. The normalized spacial score (nSPS) is 12.6. The van der Waals surface area contributed by atoms with Crippen molar-refractivity contribution in [1.82, 2.24) is 0 Å². The number of hydrogen-bond donors (Lipinski definition) is 1. The van der Waals surface area contributed by atoms with E-state index in [-0.39, 0.29) is 0 Å². The van der Waals surface area contributed by atoms with E-state index in [2.05, 4.69) is 12.1 Å². The summed E-state index contributed by atoms with van der Waals surface area (Å²) in [5.74, 6) is 0.860. The van der Waals surface area contributed by atoms with Crippen molar-refractivity contribution >= 4 is 21.4 Å². The van der Waals surface area contributed by atoms with Gasteiger partial charge in [-0.15, -0.1) is 11.3 Å². The van der Waals surface area contributed by atoms with Crippen LogP contribution < -0.4 is 4.74 Å². The van der Waals surface area contributed by atoms with Crippen molar-refractivity contribution in [1.29, 1.82) is 0 Å². The van der Waals surface area contributed by atoms with Crippen LogP contribution in [0.3, 0.4) is 0 Å². The number of aliphatic hydroxyl groups excluding tert-OH is 1. The fourth-order valence-corrected chi connectivity index (χ4v) is 3.68. The van der Waals surface area contributed by atoms with Crippen molar-refractivity contribution < 1.29 is 9.84 Å². The molecule has 0 bridgehead atoms. The standard InChI is InChI=1S/C18H18O2S/c1-11-9-16(20-3)12(2)8-14(11)18(19)15-10-21-17-7-5-4-6-13(15)17/h4-10,18-19H,1-3H3. The van der Waals surface area contributed by atoms with Crippen molar-refractivity contribution in [2.45, 2.75) is 20.0 Å². The first-order chi connectivity index (χ1) is 10.1. The van der Waals surface area contributed by atoms with Crippen LogP contribution in [0.4, 0.5) is 0 Å². The van der Waals surface area contributed by atoms with Crippen LogP contribution in [0.5, 0.6) is 5.75 Å². The molecule has 1 atom stereocenters. The van der Waals surface area contributed by atoms with Crippen molar-refractivity contribution in [2.75, 3.05) is 7.11 Å². The van der Waals surface area contributed by atoms with Crippen molar-refractivity contribution in [3.8, 4) is 5.75 Å². The Kier molecular flexibility index (Phi) is 3.70. The lowest BCUT2D eigenvalue weighted by atomic mass is 9.95. The van der Waals surface area contributed by atoms with Gasteiger partial charge >= 0.3 is 0 Å². The van der Waals surface area contributed by atoms with Crippen LogP contribution in [0.2, 0.25) is 0 Å². The lowest BCUT2D eigenvalue weighted by molar-refractivity contribution is 0.221. The van der Waals surface area contributed by atoms with Crippen LogP contribution in [0.15, 0.2) is 41.8 Å². The fraction of sp³-hybridized carbons (Fsp3) is 0.222. The molecule has 0 saturated carbocycles. The maximum Gasteiger partial charge on any atom is 0.122 e. The minimum Gasteiger partial charge on any atom is -0.496 e. The van der Waals surface area contributed by atoms with Gasteiger partial charge in [-0.1, -0.05) is 18.2 Å². The van der Waals surface area contributed by atoms with Gasteiger partial charge in [0.1, 0.15) is 11.9 Å². The summed E-state index contributed by atoms with van der Waals surface area (Å²) in [4.78, 5) is 0. The second-order valence-electron chi connectivity index (χ2n) is 5.27. The van der Waals surface area contributed by atoms with E-state index in [1.165, 1.54) is 4.70 Å². The van der Waals surface area contributed by atoms with Gasteiger partial charge in [0, 0.05) is 10.3 Å². The number of benzene rings is 2. The predicted octanol–water partition coefficient (Wildman–Crippen LogP) is 4.61. The molecule has 0 saturated heterocycles. The third kappa shape index (κ3) is 2.43. The Morgan fingerprint density at radius 3 is 2.57 bits per heavy atom. The Morgan fingerprint density at radius 1 is 1.05 bits per heavy atom. The van der Waals surface area contributed by atoms with Gasteiger partial charge in [0.25, 0.3) is 0 Å². The monoisotopic (exact) mass is 298 g/mol. The van der Waals surface area contributed by atoms with Gasteiger partial charge in [-0.25, -0.2) is 0 Å². The number of methoxy groups -OCH3 is 1. The molecule has 0 aliphatic heterocycles. The highest BCUT2D eigenvalue weighted by Gasteiger charge is 2.18. The van der Waals surface area contributed by atoms with E-state index in [1.54, 1.807) is 18.4 Å². The van der Waals surface area contributed by atoms with Crippen molar-refractivity contribution in [2.24, 2.45) is 0 Å². The smallest absolute Gasteiger partial charge is 0.122 e. The number of fused-ring (bicyclic) bond motifs is 1. The molecule has 0 aliphatic rings. The molecule has 1 heterocycles. The maximum atomic E-state index is 10.8. The number of aryl methyl sites for hydroxylation is 2. The summed E-state index contributed by atoms with van der Waals surface area (Å²) >= 11 is 1.67. The summed E-state index contributed by atoms with van der Waals surface area (Å²) in [5.41, 5.74) is 4.00. The van der Waals surface area contributed by atoms with Crippen LogP contribution >= 0.6 is 11.3 Å². The highest BCUT2D eigenvalue weighted by atomic mass is 32.1. The summed E-state index contributed by atoms with van der Waals surface area (Å²) in [5, 5.41) is 14.0. The SMILES string of the molecule is COc1cc(C)c(C(O)c2csc3ccccc23)cc1C. The molecule has 0 fully saturated rings. The molecule has 3 rings (SSSR count). The Hall–Kier alpha value is -1.84. The Bertz CT molecular complexity index is 789. The minimum absolute atomic E-state index is 0.606. The average molecular weight is 298 g/mol. The lowest BCUT2D eigenvalue weighted by Gasteiger charge is -2.16. The lowest BCUT2D eigenvalue weighted by Crippen LogP contribution is -2.03. The first-order valence-electron chi connectivity index (χ1n) is 6.91. The van der Waals surface area contributed by atoms with Crippen LogP contribution in [0.1, 0.15) is 28.4 Å². The first-order valence-corrected chi connectivity index (χ1v) is 7.79. The molecule has 108 valence electrons. The molecule has 0 radical (unpaired) electrons. The number of aliphatic hydroxyl groups is 1. The molecular weight excluding hydrogens is 280 g/mol. The minimum atomic E-state index is -0.606. The molecule has 21 heavy (non-hydrogen) atoms. The molecule has 0 amide bonds. The predicted molar refractivity (Wildman–Crippen MR) is 88.4 cm³/mol. The second-order valence-corrected chi connectivity index (χ2v) is 6.18. The Balaban J connectivity index is 2.10. The summed E-state index contributed by atoms with van der Waals surface area (Å²) in [7, 11) is 1.67. The van der Waals surface area contributed by atoms with Gasteiger partial charge in [-0.2, -0.15) is 0 Å². The Labute approximate surface area is 128 Å². The zero-order valence-corrected chi connectivity index (χ0v) is 13.2. The summed E-state index contributed by atoms with van der Waals surface area (Å²) in [6.45, 7) is 4.01. The van der Waals surface area contributed by atoms with Gasteiger partial charge in [0.15, 0.2) is 0 Å². The van der Waals surface area contributed by atoms with E-state index in [0.29, 0.717) is 0 Å². The number of rotatable bonds is 3. The van der Waals surface area contributed by atoms with Crippen LogP contribution in [0.25, 0.3) is 10.1 Å². The highest BCUT2D eigenvalue weighted by molar-refractivity contribution is 7.17. The van der Waals surface area contributed by atoms with Crippen LogP contribution in [0, 0.1) is 13.8 Å². The number of ether oxygens (including phenoxy) is 1. The van der Waals surface area contributed by atoms with Crippen molar-refractivity contribution in [3.63, 3.8) is 0 Å². The number of hydrogen-bond acceptors (Lipinski definition) is 3. The molecular formula is C18H18O2S. The van der Waals surface area contributed by atoms with E-state index in [9.17, 15) is 5.11 Å². The van der Waals surface area contributed by atoms with Crippen LogP contribution in [-0.2, 0) is 0 Å². The molecule has 0 aliphatic carbocycles. The van der Waals surface area contributed by atoms with Gasteiger partial charge in [0.05, 0.1) is 7.11 Å². The molecule has 3 heteroatoms. The topological polar surface area (TPSA) is 29.5 Å². The molecule has 2 nitrogen and oxygen atoms in total. The fourth-order valence-electron chi connectivity index (χ4n) is 2.70. The molecule has 1 N–H and O–H groups in total. The average Bonchev–Trinajstić information content (AvgIpc) is 2.92. The van der Waals surface area contributed by atoms with E-state index in [0.717, 1.165) is 33.4 Å². The van der Waals surface area contributed by atoms with E-state index in [1.807, 2.05) is 43.5 Å². The van der Waals surface area contributed by atoms with Crippen molar-refractivity contribution in [3.05, 3.63) is 64.0 Å². The van der Waals surface area contributed by atoms with E-state index in [4.69, 9.17) is 4.74 Å². The van der Waals surface area contributed by atoms with Gasteiger partial charge in [-0.05, 0) is 59.5 Å². The van der Waals surface area contributed by atoms with Gasteiger partial charge < -0.3 is 9.84 Å². The summed E-state index contributed by atoms with van der Waals surface area (Å²) in [6, 6.07) is 12.2. The number of thiophene rings is 1. The largest absolute Gasteiger partial charge is 0.496 e. The molecule has 1 unspecified atom stereocenters. The summed E-state index contributed by atoms with van der Waals surface area (Å²) in [6.07, 6.45) is -0.606. The molecule has 1 aromatic heterocycles. The van der Waals surface area contributed by atoms with Crippen LogP contribution in [-0.4, -0.2) is 12.2 Å². The second kappa shape index (κ2) is 5.51. The third-order valence-electron chi connectivity index (χ3n) is 3.88. The summed E-state index contributed by atoms with van der Waals surface area (Å²) < 4.78 is 6.55. The third-order valence-corrected chi connectivity index (χ3v) is 4.87. The molecule has 2 aromatic carbocycles. The quantitative estimate of drug-likeness (QED) is 0.765. The maximum absolute atomic E-state index is 10.8. The van der Waals surface area contributed by atoms with E-state index >= 15 is 0 Å². The zero-order valence-electron chi connectivity index (χ0n) is 12.4. The molecule has 3 aromatic rings. The van der Waals surface area contributed by atoms with Gasteiger partial charge in [-0.3, -0.25) is 0 Å². The zero-order chi connectivity index (χ0) is 15.0. The Morgan fingerprint density at radius 2 is 1.81 bits per heavy atom.